The van der Waals surface area contributed by atoms with Crippen molar-refractivity contribution < 1.29 is 28.2 Å². The van der Waals surface area contributed by atoms with Crippen LogP contribution in [0.1, 0.15) is 11.1 Å². The number of benzene rings is 2. The Hall–Kier alpha value is -3.60. The number of alkyl halides is 2. The van der Waals surface area contributed by atoms with Gasteiger partial charge in [0.25, 0.3) is 0 Å². The molecule has 0 fully saturated rings. The number of rotatable bonds is 7. The molecule has 4 rings (SSSR count). The van der Waals surface area contributed by atoms with Crippen molar-refractivity contribution in [1.82, 2.24) is 20.3 Å². The van der Waals surface area contributed by atoms with Gasteiger partial charge in [0.2, 0.25) is 5.88 Å². The number of hydrogen-bond acceptors (Lipinski definition) is 7. The quantitative estimate of drug-likeness (QED) is 0.383. The highest BCUT2D eigenvalue weighted by molar-refractivity contribution is 7.22. The van der Waals surface area contributed by atoms with Gasteiger partial charge in [-0.15, -0.1) is 11.3 Å². The van der Waals surface area contributed by atoms with E-state index in [1.165, 1.54) is 11.3 Å². The zero-order chi connectivity index (χ0) is 22.8. The molecule has 4 aromatic rings. The van der Waals surface area contributed by atoms with Crippen molar-refractivity contribution in [3.63, 3.8) is 0 Å². The smallest absolute Gasteiger partial charge is 0.404 e. The standard InChI is InChI=1S/C21H18F2N4O4S/c1-10-7-12(17-13(8-10)26-15(9-25-17)31-20(22)23)19-27-16-11(2)3-4-14(18(16)32-19)30-6-5-24-21(28)29/h3-4,7-9,20,24H,5-6H2,1-2H3,(H,28,29). The normalized spacial score (nSPS) is 11.3. The third-order valence-corrected chi connectivity index (χ3v) is 5.66. The number of hydrogen-bond donors (Lipinski definition) is 2. The highest BCUT2D eigenvalue weighted by atomic mass is 32.1. The number of thiazole rings is 1. The summed E-state index contributed by atoms with van der Waals surface area (Å²) in [5.74, 6) is 0.340. The van der Waals surface area contributed by atoms with Crippen molar-refractivity contribution in [3.05, 3.63) is 41.6 Å². The van der Waals surface area contributed by atoms with Crippen LogP contribution in [0, 0.1) is 13.8 Å². The Morgan fingerprint density at radius 1 is 1.22 bits per heavy atom. The van der Waals surface area contributed by atoms with Crippen LogP contribution >= 0.6 is 11.3 Å². The molecule has 32 heavy (non-hydrogen) atoms. The molecule has 2 N–H and O–H groups in total. The van der Waals surface area contributed by atoms with Gasteiger partial charge in [-0.05, 0) is 43.2 Å². The van der Waals surface area contributed by atoms with E-state index in [-0.39, 0.29) is 19.0 Å². The average Bonchev–Trinajstić information content (AvgIpc) is 3.17. The Balaban J connectivity index is 1.75. The fourth-order valence-electron chi connectivity index (χ4n) is 3.22. The molecule has 0 aliphatic carbocycles. The summed E-state index contributed by atoms with van der Waals surface area (Å²) in [5.41, 5.74) is 4.23. The van der Waals surface area contributed by atoms with E-state index in [2.05, 4.69) is 20.0 Å². The predicted octanol–water partition coefficient (Wildman–Crippen LogP) is 4.77. The van der Waals surface area contributed by atoms with Crippen molar-refractivity contribution in [2.45, 2.75) is 20.5 Å². The molecule has 0 bridgehead atoms. The Morgan fingerprint density at radius 2 is 2.03 bits per heavy atom. The third kappa shape index (κ3) is 4.52. The van der Waals surface area contributed by atoms with Gasteiger partial charge in [-0.1, -0.05) is 6.07 Å². The number of carboxylic acid groups (broad SMARTS) is 1. The minimum Gasteiger partial charge on any atom is -0.490 e. The van der Waals surface area contributed by atoms with Gasteiger partial charge in [-0.3, -0.25) is 0 Å². The van der Waals surface area contributed by atoms with Crippen LogP contribution in [0.2, 0.25) is 0 Å². The largest absolute Gasteiger partial charge is 0.490 e. The maximum atomic E-state index is 12.5. The molecular weight excluding hydrogens is 442 g/mol. The minimum absolute atomic E-state index is 0.150. The second kappa shape index (κ2) is 8.87. The molecular formula is C21H18F2N4O4S. The average molecular weight is 460 g/mol. The van der Waals surface area contributed by atoms with Gasteiger partial charge < -0.3 is 19.9 Å². The first-order valence-electron chi connectivity index (χ1n) is 9.54. The highest BCUT2D eigenvalue weighted by Gasteiger charge is 2.17. The van der Waals surface area contributed by atoms with Crippen LogP contribution in [-0.4, -0.2) is 45.9 Å². The van der Waals surface area contributed by atoms with E-state index < -0.39 is 12.7 Å². The summed E-state index contributed by atoms with van der Waals surface area (Å²) in [5, 5.41) is 11.6. The number of nitrogens with one attached hydrogen (secondary N) is 1. The molecule has 0 saturated carbocycles. The lowest BCUT2D eigenvalue weighted by Gasteiger charge is -2.07. The first kappa shape index (κ1) is 21.6. The molecule has 1 amide bonds. The fraction of sp³-hybridized carbons (Fsp3) is 0.238. The van der Waals surface area contributed by atoms with E-state index in [1.54, 1.807) is 6.07 Å². The summed E-state index contributed by atoms with van der Waals surface area (Å²) in [4.78, 5) is 23.8. The first-order chi connectivity index (χ1) is 15.3. The zero-order valence-electron chi connectivity index (χ0n) is 17.1. The predicted molar refractivity (Wildman–Crippen MR) is 116 cm³/mol. The number of aromatic nitrogens is 3. The van der Waals surface area contributed by atoms with Crippen LogP contribution in [-0.2, 0) is 0 Å². The van der Waals surface area contributed by atoms with Crippen LogP contribution in [0.4, 0.5) is 13.6 Å². The van der Waals surface area contributed by atoms with Crippen molar-refractivity contribution >= 4 is 38.7 Å². The Bertz CT molecular complexity index is 1310. The van der Waals surface area contributed by atoms with E-state index in [0.717, 1.165) is 33.1 Å². The number of amides is 1. The molecule has 0 aliphatic rings. The van der Waals surface area contributed by atoms with E-state index in [1.807, 2.05) is 32.0 Å². The molecule has 0 radical (unpaired) electrons. The Kier molecular flexibility index (Phi) is 5.99. The van der Waals surface area contributed by atoms with Crippen molar-refractivity contribution in [2.75, 3.05) is 13.2 Å². The van der Waals surface area contributed by atoms with E-state index in [9.17, 15) is 13.6 Å². The van der Waals surface area contributed by atoms with Gasteiger partial charge >= 0.3 is 12.7 Å². The molecule has 2 aromatic heterocycles. The van der Waals surface area contributed by atoms with Crippen LogP contribution in [0.5, 0.6) is 11.6 Å². The molecule has 166 valence electrons. The van der Waals surface area contributed by atoms with E-state index >= 15 is 0 Å². The second-order valence-corrected chi connectivity index (χ2v) is 7.92. The molecule has 0 aliphatic heterocycles. The van der Waals surface area contributed by atoms with Gasteiger partial charge in [0, 0.05) is 5.56 Å². The highest BCUT2D eigenvalue weighted by Crippen LogP contribution is 2.39. The Labute approximate surface area is 184 Å². The second-order valence-electron chi connectivity index (χ2n) is 6.92. The number of ether oxygens (including phenoxy) is 2. The molecule has 0 spiro atoms. The number of nitrogens with zero attached hydrogens (tertiary/aromatic N) is 3. The SMILES string of the molecule is Cc1cc(-c2nc3c(C)ccc(OCCNC(=O)O)c3s2)c2ncc(OC(F)F)nc2c1. The first-order valence-corrected chi connectivity index (χ1v) is 10.4. The zero-order valence-corrected chi connectivity index (χ0v) is 17.9. The number of aryl methyl sites for hydroxylation is 2. The molecule has 8 nitrogen and oxygen atoms in total. The molecule has 2 heterocycles. The maximum Gasteiger partial charge on any atom is 0.404 e. The fourth-order valence-corrected chi connectivity index (χ4v) is 4.34. The van der Waals surface area contributed by atoms with Crippen LogP contribution in [0.15, 0.2) is 30.5 Å². The third-order valence-electron chi connectivity index (χ3n) is 4.55. The van der Waals surface area contributed by atoms with E-state index in [4.69, 9.17) is 14.8 Å². The molecule has 0 saturated heterocycles. The van der Waals surface area contributed by atoms with Gasteiger partial charge in [0.15, 0.2) is 0 Å². The van der Waals surface area contributed by atoms with Crippen molar-refractivity contribution in [1.29, 1.82) is 0 Å². The lowest BCUT2D eigenvalue weighted by atomic mass is 10.1. The summed E-state index contributed by atoms with van der Waals surface area (Å²) in [6.07, 6.45) is 0.0490. The molecule has 2 aromatic carbocycles. The van der Waals surface area contributed by atoms with Crippen LogP contribution in [0.3, 0.4) is 0 Å². The minimum atomic E-state index is -2.98. The number of halogens is 2. The monoisotopic (exact) mass is 460 g/mol. The molecule has 0 unspecified atom stereocenters. The summed E-state index contributed by atoms with van der Waals surface area (Å²) in [7, 11) is 0. The summed E-state index contributed by atoms with van der Waals surface area (Å²) in [6.45, 7) is 1.14. The summed E-state index contributed by atoms with van der Waals surface area (Å²) in [6, 6.07) is 7.36. The number of fused-ring (bicyclic) bond motifs is 2. The van der Waals surface area contributed by atoms with Gasteiger partial charge in [-0.25, -0.2) is 19.7 Å². The summed E-state index contributed by atoms with van der Waals surface area (Å²) < 4.78 is 36.0. The van der Waals surface area contributed by atoms with Crippen LogP contribution < -0.4 is 14.8 Å². The molecule has 11 heteroatoms. The topological polar surface area (TPSA) is 106 Å². The lowest BCUT2D eigenvalue weighted by Crippen LogP contribution is -2.26. The summed E-state index contributed by atoms with van der Waals surface area (Å²) >= 11 is 1.40. The van der Waals surface area contributed by atoms with Crippen molar-refractivity contribution in [2.24, 2.45) is 0 Å². The van der Waals surface area contributed by atoms with Crippen LogP contribution in [0.25, 0.3) is 31.8 Å². The van der Waals surface area contributed by atoms with Gasteiger partial charge in [0.05, 0.1) is 34.0 Å². The van der Waals surface area contributed by atoms with E-state index in [0.29, 0.717) is 21.8 Å². The Morgan fingerprint density at radius 3 is 2.78 bits per heavy atom. The molecule has 0 atom stereocenters. The van der Waals surface area contributed by atoms with Gasteiger partial charge in [-0.2, -0.15) is 8.78 Å². The van der Waals surface area contributed by atoms with Crippen molar-refractivity contribution in [3.8, 4) is 22.2 Å². The lowest BCUT2D eigenvalue weighted by molar-refractivity contribution is -0.0528. The van der Waals surface area contributed by atoms with Gasteiger partial charge in [0.1, 0.15) is 17.4 Å². The number of carbonyl (C=O) groups is 1. The maximum absolute atomic E-state index is 12.5.